The van der Waals surface area contributed by atoms with Crippen LogP contribution in [0.4, 0.5) is 18.3 Å². The highest BCUT2D eigenvalue weighted by atomic mass is 32.1. The molecule has 6 nitrogen and oxygen atoms in total. The zero-order chi connectivity index (χ0) is 18.0. The molecule has 0 aliphatic carbocycles. The summed E-state index contributed by atoms with van der Waals surface area (Å²) in [6.45, 7) is 1.21. The first kappa shape index (κ1) is 17.7. The third-order valence-electron chi connectivity index (χ3n) is 3.95. The summed E-state index contributed by atoms with van der Waals surface area (Å²) in [6.07, 6.45) is -2.91. The molecule has 1 amide bonds. The molecule has 3 N–H and O–H groups in total. The van der Waals surface area contributed by atoms with Gasteiger partial charge in [0.05, 0.1) is 16.8 Å². The minimum atomic E-state index is -4.72. The van der Waals surface area contributed by atoms with Crippen molar-refractivity contribution < 1.29 is 22.7 Å². The summed E-state index contributed by atoms with van der Waals surface area (Å²) in [7, 11) is 0. The van der Waals surface area contributed by atoms with Gasteiger partial charge in [-0.1, -0.05) is 11.3 Å². The molecule has 1 fully saturated rings. The monoisotopic (exact) mass is 374 g/mol. The van der Waals surface area contributed by atoms with E-state index in [4.69, 9.17) is 5.73 Å². The molecule has 25 heavy (non-hydrogen) atoms. The number of halogens is 3. The third-order valence-corrected chi connectivity index (χ3v) is 4.93. The lowest BCUT2D eigenvalue weighted by Crippen LogP contribution is -2.42. The molecule has 2 heterocycles. The summed E-state index contributed by atoms with van der Waals surface area (Å²) in [5.41, 5.74) is 6.00. The van der Waals surface area contributed by atoms with E-state index in [-0.39, 0.29) is 24.2 Å². The maximum atomic E-state index is 12.3. The number of ether oxygens (including phenoxy) is 1. The predicted octanol–water partition coefficient (Wildman–Crippen LogP) is 2.56. The summed E-state index contributed by atoms with van der Waals surface area (Å²) < 4.78 is 41.4. The average molecular weight is 374 g/mol. The lowest BCUT2D eigenvalue weighted by Gasteiger charge is -2.24. The highest BCUT2D eigenvalue weighted by molar-refractivity contribution is 7.22. The Morgan fingerprint density at radius 3 is 3.00 bits per heavy atom. The van der Waals surface area contributed by atoms with Gasteiger partial charge in [-0.2, -0.15) is 0 Å². The summed E-state index contributed by atoms with van der Waals surface area (Å²) in [4.78, 5) is 17.9. The maximum absolute atomic E-state index is 12.3. The number of amides is 1. The van der Waals surface area contributed by atoms with Crippen LogP contribution in [0, 0.1) is 0 Å². The lowest BCUT2D eigenvalue weighted by atomic mass is 10.2. The first-order chi connectivity index (χ1) is 11.9. The molecule has 0 radical (unpaired) electrons. The average Bonchev–Trinajstić information content (AvgIpc) is 3.16. The number of aromatic nitrogens is 1. The standard InChI is InChI=1S/C15H17F3N4O2S/c16-15(17,18)24-10-3-4-11-12(6-10)25-14(21-11)20-8-9-2-1-5-22(9)13(23)7-19/h3-4,6,9H,1-2,5,7-8,19H2,(H,20,21). The Kier molecular flexibility index (Phi) is 5.00. The highest BCUT2D eigenvalue weighted by Crippen LogP contribution is 2.31. The van der Waals surface area contributed by atoms with Crippen molar-refractivity contribution in [3.05, 3.63) is 18.2 Å². The van der Waals surface area contributed by atoms with E-state index in [1.54, 1.807) is 4.90 Å². The van der Waals surface area contributed by atoms with Crippen LogP contribution in [0.15, 0.2) is 18.2 Å². The molecular formula is C15H17F3N4O2S. The molecule has 1 aliphatic rings. The van der Waals surface area contributed by atoms with Gasteiger partial charge in [0.15, 0.2) is 5.13 Å². The number of anilines is 1. The number of nitrogens with one attached hydrogen (secondary N) is 1. The molecule has 1 aromatic carbocycles. The van der Waals surface area contributed by atoms with E-state index < -0.39 is 6.36 Å². The topological polar surface area (TPSA) is 80.5 Å². The maximum Gasteiger partial charge on any atom is 0.573 e. The number of hydrogen-bond acceptors (Lipinski definition) is 6. The summed E-state index contributed by atoms with van der Waals surface area (Å²) in [5.74, 6) is -0.353. The van der Waals surface area contributed by atoms with Crippen LogP contribution in [0.5, 0.6) is 5.75 Å². The van der Waals surface area contributed by atoms with Crippen molar-refractivity contribution in [1.29, 1.82) is 0 Å². The van der Waals surface area contributed by atoms with Crippen LogP contribution in [-0.4, -0.2) is 47.8 Å². The normalized spacial score (nSPS) is 17.9. The van der Waals surface area contributed by atoms with Gasteiger partial charge >= 0.3 is 6.36 Å². The van der Waals surface area contributed by atoms with Crippen LogP contribution in [0.25, 0.3) is 10.2 Å². The van der Waals surface area contributed by atoms with Crippen LogP contribution in [0.2, 0.25) is 0 Å². The molecule has 0 saturated carbocycles. The van der Waals surface area contributed by atoms with E-state index in [1.807, 2.05) is 0 Å². The molecule has 0 bridgehead atoms. The fourth-order valence-electron chi connectivity index (χ4n) is 2.88. The Hall–Kier alpha value is -2.07. The van der Waals surface area contributed by atoms with Crippen molar-refractivity contribution in [3.8, 4) is 5.75 Å². The zero-order valence-electron chi connectivity index (χ0n) is 13.2. The Balaban J connectivity index is 1.67. The Bertz CT molecular complexity index is 765. The van der Waals surface area contributed by atoms with Gasteiger partial charge in [0.2, 0.25) is 5.91 Å². The van der Waals surface area contributed by atoms with Gasteiger partial charge in [-0.15, -0.1) is 13.2 Å². The smallest absolute Gasteiger partial charge is 0.406 e. The fraction of sp³-hybridized carbons (Fsp3) is 0.467. The van der Waals surface area contributed by atoms with Gasteiger partial charge in [0, 0.05) is 25.2 Å². The Labute approximate surface area is 145 Å². The van der Waals surface area contributed by atoms with Gasteiger partial charge in [-0.3, -0.25) is 4.79 Å². The molecule has 3 rings (SSSR count). The molecule has 10 heteroatoms. The van der Waals surface area contributed by atoms with Crippen molar-refractivity contribution in [2.75, 3.05) is 25.0 Å². The number of carbonyl (C=O) groups is 1. The largest absolute Gasteiger partial charge is 0.573 e. The van der Waals surface area contributed by atoms with Crippen LogP contribution >= 0.6 is 11.3 Å². The molecule has 0 spiro atoms. The van der Waals surface area contributed by atoms with Gasteiger partial charge in [-0.05, 0) is 25.0 Å². The second kappa shape index (κ2) is 7.04. The molecule has 136 valence electrons. The number of thiazole rings is 1. The van der Waals surface area contributed by atoms with E-state index in [9.17, 15) is 18.0 Å². The summed E-state index contributed by atoms with van der Waals surface area (Å²) >= 11 is 1.24. The van der Waals surface area contributed by atoms with E-state index in [0.717, 1.165) is 12.8 Å². The number of rotatable bonds is 5. The molecule has 2 aromatic rings. The number of carbonyl (C=O) groups excluding carboxylic acids is 1. The third kappa shape index (κ3) is 4.31. The predicted molar refractivity (Wildman–Crippen MR) is 88.6 cm³/mol. The second-order valence-corrected chi connectivity index (χ2v) is 6.70. The second-order valence-electron chi connectivity index (χ2n) is 5.66. The van der Waals surface area contributed by atoms with Crippen molar-refractivity contribution in [3.63, 3.8) is 0 Å². The van der Waals surface area contributed by atoms with Gasteiger partial charge in [0.1, 0.15) is 5.75 Å². The molecule has 1 unspecified atom stereocenters. The van der Waals surface area contributed by atoms with Crippen molar-refractivity contribution in [2.24, 2.45) is 5.73 Å². The Morgan fingerprint density at radius 2 is 2.28 bits per heavy atom. The minimum Gasteiger partial charge on any atom is -0.406 e. The zero-order valence-corrected chi connectivity index (χ0v) is 14.0. The Morgan fingerprint density at radius 1 is 1.48 bits per heavy atom. The first-order valence-electron chi connectivity index (χ1n) is 7.75. The van der Waals surface area contributed by atoms with E-state index in [2.05, 4.69) is 15.0 Å². The van der Waals surface area contributed by atoms with Gasteiger partial charge in [0.25, 0.3) is 0 Å². The molecule has 1 saturated heterocycles. The molecule has 1 aliphatic heterocycles. The SMILES string of the molecule is NCC(=O)N1CCCC1CNc1nc2ccc(OC(F)(F)F)cc2s1. The van der Waals surface area contributed by atoms with Crippen molar-refractivity contribution in [2.45, 2.75) is 25.2 Å². The number of nitrogens with two attached hydrogens (primary N) is 1. The molecule has 1 atom stereocenters. The van der Waals surface area contributed by atoms with Crippen molar-refractivity contribution in [1.82, 2.24) is 9.88 Å². The summed E-state index contributed by atoms with van der Waals surface area (Å²) in [6, 6.07) is 4.08. The highest BCUT2D eigenvalue weighted by Gasteiger charge is 2.31. The van der Waals surface area contributed by atoms with Crippen LogP contribution in [-0.2, 0) is 4.79 Å². The number of nitrogens with zero attached hydrogens (tertiary/aromatic N) is 2. The number of benzene rings is 1. The molecular weight excluding hydrogens is 357 g/mol. The quantitative estimate of drug-likeness (QED) is 0.841. The van der Waals surface area contributed by atoms with Gasteiger partial charge < -0.3 is 20.7 Å². The van der Waals surface area contributed by atoms with Crippen LogP contribution in [0.3, 0.4) is 0 Å². The minimum absolute atomic E-state index is 0.0143. The van der Waals surface area contributed by atoms with Crippen molar-refractivity contribution >= 4 is 32.6 Å². The van der Waals surface area contributed by atoms with E-state index >= 15 is 0 Å². The van der Waals surface area contributed by atoms with Crippen LogP contribution in [0.1, 0.15) is 12.8 Å². The number of hydrogen-bond donors (Lipinski definition) is 2. The first-order valence-corrected chi connectivity index (χ1v) is 8.57. The lowest BCUT2D eigenvalue weighted by molar-refractivity contribution is -0.274. The van der Waals surface area contributed by atoms with Crippen LogP contribution < -0.4 is 15.8 Å². The fourth-order valence-corrected chi connectivity index (χ4v) is 3.78. The van der Waals surface area contributed by atoms with E-state index in [1.165, 1.54) is 29.5 Å². The van der Waals surface area contributed by atoms with Gasteiger partial charge in [-0.25, -0.2) is 4.98 Å². The number of fused-ring (bicyclic) bond motifs is 1. The summed E-state index contributed by atoms with van der Waals surface area (Å²) in [5, 5.41) is 3.75. The van der Waals surface area contributed by atoms with E-state index in [0.29, 0.717) is 28.4 Å². The number of alkyl halides is 3. The molecule has 1 aromatic heterocycles. The number of likely N-dealkylation sites (tertiary alicyclic amines) is 1.